The van der Waals surface area contributed by atoms with Crippen molar-refractivity contribution < 1.29 is 0 Å². The Hall–Kier alpha value is -1.20. The molecule has 22 heavy (non-hydrogen) atoms. The fraction of sp³-hybridized carbons (Fsp3) is 0.125. The molecule has 0 radical (unpaired) electrons. The minimum Gasteiger partial charge on any atom is -0.393 e. The second-order valence-corrected chi connectivity index (χ2v) is 6.31. The number of benzene rings is 2. The lowest BCUT2D eigenvalue weighted by molar-refractivity contribution is 1.33. The topological polar surface area (TPSA) is 52.0 Å². The molecule has 2 aromatic rings. The highest BCUT2D eigenvalue weighted by atomic mass is 35.5. The maximum atomic E-state index is 5.86. The number of rotatable bonds is 3. The molecule has 0 aromatic heterocycles. The lowest BCUT2D eigenvalue weighted by Crippen LogP contribution is -2.11. The van der Waals surface area contributed by atoms with E-state index in [0.717, 1.165) is 21.7 Å². The van der Waals surface area contributed by atoms with Crippen molar-refractivity contribution in [2.24, 2.45) is 11.5 Å². The highest BCUT2D eigenvalue weighted by molar-refractivity contribution is 7.80. The van der Waals surface area contributed by atoms with Gasteiger partial charge in [0.1, 0.15) is 4.99 Å². The fourth-order valence-corrected chi connectivity index (χ4v) is 2.78. The van der Waals surface area contributed by atoms with Crippen LogP contribution in [0.1, 0.15) is 16.7 Å². The number of aryl methyl sites for hydroxylation is 1. The summed E-state index contributed by atoms with van der Waals surface area (Å²) >= 11 is 21.3. The second-order valence-electron chi connectivity index (χ2n) is 4.53. The van der Waals surface area contributed by atoms with E-state index in [4.69, 9.17) is 59.1 Å². The van der Waals surface area contributed by atoms with E-state index < -0.39 is 0 Å². The summed E-state index contributed by atoms with van der Waals surface area (Å²) in [4.78, 5) is 0.825. The van der Waals surface area contributed by atoms with Crippen LogP contribution in [-0.4, -0.2) is 9.98 Å². The predicted octanol–water partition coefficient (Wildman–Crippen LogP) is 4.45. The smallest absolute Gasteiger partial charge is 0.105 e. The summed E-state index contributed by atoms with van der Waals surface area (Å²) in [5.74, 6) is 0. The molecule has 0 aliphatic rings. The maximum absolute atomic E-state index is 5.86. The summed E-state index contributed by atoms with van der Waals surface area (Å²) in [6.07, 6.45) is 0.578. The molecule has 0 amide bonds. The highest BCUT2D eigenvalue weighted by Crippen LogP contribution is 2.18. The average Bonchev–Trinajstić information content (AvgIpc) is 2.41. The van der Waals surface area contributed by atoms with E-state index in [1.165, 1.54) is 0 Å². The minimum atomic E-state index is 0.355. The van der Waals surface area contributed by atoms with Crippen LogP contribution in [0.5, 0.6) is 0 Å². The van der Waals surface area contributed by atoms with Gasteiger partial charge in [-0.05, 0) is 30.2 Å². The van der Waals surface area contributed by atoms with Crippen LogP contribution in [-0.2, 0) is 6.42 Å². The van der Waals surface area contributed by atoms with Gasteiger partial charge in [0.2, 0.25) is 0 Å². The molecule has 0 atom stereocenters. The molecular formula is C16H16Cl2N2S2. The third-order valence-corrected chi connectivity index (χ3v) is 3.82. The monoisotopic (exact) mass is 370 g/mol. The quantitative estimate of drug-likeness (QED) is 0.783. The van der Waals surface area contributed by atoms with Crippen LogP contribution >= 0.6 is 47.6 Å². The Bertz CT molecular complexity index is 667. The van der Waals surface area contributed by atoms with Crippen molar-refractivity contribution in [3.05, 3.63) is 69.2 Å². The molecule has 2 aromatic carbocycles. The van der Waals surface area contributed by atoms with Gasteiger partial charge in [-0.1, -0.05) is 78.0 Å². The van der Waals surface area contributed by atoms with Gasteiger partial charge in [0.05, 0.1) is 10.0 Å². The van der Waals surface area contributed by atoms with Crippen molar-refractivity contribution >= 4 is 57.6 Å². The molecule has 0 saturated heterocycles. The Morgan fingerprint density at radius 3 is 2.00 bits per heavy atom. The summed E-state index contributed by atoms with van der Waals surface area (Å²) in [7, 11) is 0. The lowest BCUT2D eigenvalue weighted by Gasteiger charge is -2.04. The molecule has 2 rings (SSSR count). The number of nitrogens with two attached hydrogens (primary N) is 2. The zero-order chi connectivity index (χ0) is 16.7. The predicted molar refractivity (Wildman–Crippen MR) is 104 cm³/mol. The molecule has 0 bridgehead atoms. The first-order valence-electron chi connectivity index (χ1n) is 6.39. The van der Waals surface area contributed by atoms with Crippen molar-refractivity contribution in [3.63, 3.8) is 0 Å². The summed E-state index contributed by atoms with van der Waals surface area (Å²) in [5.41, 5.74) is 13.6. The third kappa shape index (κ3) is 5.89. The van der Waals surface area contributed by atoms with Gasteiger partial charge in [0.15, 0.2) is 0 Å². The van der Waals surface area contributed by atoms with E-state index in [9.17, 15) is 0 Å². The van der Waals surface area contributed by atoms with Crippen LogP contribution in [0.4, 0.5) is 0 Å². The number of thiocarbonyl (C=S) groups is 2. The molecule has 6 heteroatoms. The Labute approximate surface area is 151 Å². The standard InChI is InChI=1S/2C8H8ClNS/c1-5-3-2-4-6(9)7(5)8(10)11;9-7-4-2-1-3-6(7)5-8(10)11/h2-4H,1H3,(H2,10,11);1-4H,5H2,(H2,10,11). The van der Waals surface area contributed by atoms with Gasteiger partial charge in [-0.3, -0.25) is 0 Å². The van der Waals surface area contributed by atoms with Crippen LogP contribution in [0.3, 0.4) is 0 Å². The average molecular weight is 371 g/mol. The van der Waals surface area contributed by atoms with E-state index in [1.54, 1.807) is 6.07 Å². The van der Waals surface area contributed by atoms with Gasteiger partial charge >= 0.3 is 0 Å². The number of halogens is 2. The maximum Gasteiger partial charge on any atom is 0.105 e. The second kappa shape index (κ2) is 9.06. The summed E-state index contributed by atoms with van der Waals surface area (Å²) in [6, 6.07) is 13.1. The fourth-order valence-electron chi connectivity index (χ4n) is 1.77. The molecule has 0 aliphatic carbocycles. The normalized spacial score (nSPS) is 9.59. The molecule has 0 saturated carbocycles. The molecule has 4 N–H and O–H groups in total. The van der Waals surface area contributed by atoms with E-state index in [0.29, 0.717) is 21.4 Å². The summed E-state index contributed by atoms with van der Waals surface area (Å²) in [5, 5.41) is 1.35. The zero-order valence-electron chi connectivity index (χ0n) is 12.0. The summed E-state index contributed by atoms with van der Waals surface area (Å²) in [6.45, 7) is 1.93. The highest BCUT2D eigenvalue weighted by Gasteiger charge is 2.04. The number of hydrogen-bond donors (Lipinski definition) is 2. The van der Waals surface area contributed by atoms with E-state index in [1.807, 2.05) is 43.3 Å². The molecule has 0 aliphatic heterocycles. The Morgan fingerprint density at radius 2 is 1.55 bits per heavy atom. The first-order chi connectivity index (χ1) is 10.3. The van der Waals surface area contributed by atoms with Crippen LogP contribution < -0.4 is 11.5 Å². The molecular weight excluding hydrogens is 355 g/mol. The van der Waals surface area contributed by atoms with Crippen molar-refractivity contribution in [2.75, 3.05) is 0 Å². The van der Waals surface area contributed by atoms with Gasteiger partial charge < -0.3 is 11.5 Å². The summed E-state index contributed by atoms with van der Waals surface area (Å²) < 4.78 is 0. The first-order valence-corrected chi connectivity index (χ1v) is 7.96. The van der Waals surface area contributed by atoms with E-state index >= 15 is 0 Å². The van der Waals surface area contributed by atoms with E-state index in [-0.39, 0.29) is 0 Å². The third-order valence-electron chi connectivity index (χ3n) is 2.79. The lowest BCUT2D eigenvalue weighted by atomic mass is 10.1. The Balaban J connectivity index is 0.000000220. The van der Waals surface area contributed by atoms with Gasteiger partial charge in [0, 0.05) is 17.0 Å². The van der Waals surface area contributed by atoms with Crippen LogP contribution in [0, 0.1) is 6.92 Å². The van der Waals surface area contributed by atoms with Crippen LogP contribution in [0.2, 0.25) is 10.0 Å². The van der Waals surface area contributed by atoms with Crippen molar-refractivity contribution in [3.8, 4) is 0 Å². The van der Waals surface area contributed by atoms with Crippen molar-refractivity contribution in [2.45, 2.75) is 13.3 Å². The first kappa shape index (κ1) is 18.8. The molecule has 0 spiro atoms. The Morgan fingerprint density at radius 1 is 0.955 bits per heavy atom. The van der Waals surface area contributed by atoms with Crippen LogP contribution in [0.25, 0.3) is 0 Å². The Kier molecular flexibility index (Phi) is 7.76. The van der Waals surface area contributed by atoms with Gasteiger partial charge in [-0.2, -0.15) is 0 Å². The molecule has 0 unspecified atom stereocenters. The van der Waals surface area contributed by atoms with Crippen LogP contribution in [0.15, 0.2) is 42.5 Å². The van der Waals surface area contributed by atoms with Crippen molar-refractivity contribution in [1.29, 1.82) is 0 Å². The van der Waals surface area contributed by atoms with Gasteiger partial charge in [-0.15, -0.1) is 0 Å². The largest absolute Gasteiger partial charge is 0.393 e. The zero-order valence-corrected chi connectivity index (χ0v) is 15.1. The SMILES string of the molecule is Cc1cccc(Cl)c1C(N)=S.NC(=S)Cc1ccccc1Cl. The van der Waals surface area contributed by atoms with E-state index in [2.05, 4.69) is 0 Å². The molecule has 0 heterocycles. The molecule has 116 valence electrons. The molecule has 2 nitrogen and oxygen atoms in total. The minimum absolute atomic E-state index is 0.355. The van der Waals surface area contributed by atoms with Crippen molar-refractivity contribution in [1.82, 2.24) is 0 Å². The molecule has 0 fully saturated rings. The van der Waals surface area contributed by atoms with Gasteiger partial charge in [-0.25, -0.2) is 0 Å². The van der Waals surface area contributed by atoms with Gasteiger partial charge in [0.25, 0.3) is 0 Å². The number of hydrogen-bond acceptors (Lipinski definition) is 2.